The highest BCUT2D eigenvalue weighted by molar-refractivity contribution is 5.39. The first-order valence-electron chi connectivity index (χ1n) is 7.79. The average Bonchev–Trinajstić information content (AvgIpc) is 2.44. The Bertz CT molecular complexity index is 353. The molecule has 1 aromatic rings. The number of hydrogen-bond donors (Lipinski definition) is 1. The molecule has 0 amide bonds. The Morgan fingerprint density at radius 2 is 1.65 bits per heavy atom. The molecule has 0 spiro atoms. The number of para-hydroxylation sites is 2. The van der Waals surface area contributed by atoms with Gasteiger partial charge in [0, 0.05) is 6.54 Å². The molecule has 0 fully saturated rings. The van der Waals surface area contributed by atoms with E-state index in [1.807, 2.05) is 24.3 Å². The molecule has 0 atom stereocenters. The molecule has 1 aromatic carbocycles. The number of nitrogens with one attached hydrogen (secondary N) is 1. The van der Waals surface area contributed by atoms with Crippen LogP contribution >= 0.6 is 0 Å². The topological polar surface area (TPSA) is 30.5 Å². The van der Waals surface area contributed by atoms with E-state index >= 15 is 0 Å². The molecule has 1 N–H and O–H groups in total. The van der Waals surface area contributed by atoms with Gasteiger partial charge in [0.05, 0.1) is 6.61 Å². The monoisotopic (exact) mass is 279 g/mol. The predicted octanol–water partition coefficient (Wildman–Crippen LogP) is 3.88. The lowest BCUT2D eigenvalue weighted by Gasteiger charge is -2.12. The first-order chi connectivity index (χ1) is 9.74. The minimum atomic E-state index is 0.675. The van der Waals surface area contributed by atoms with Crippen molar-refractivity contribution < 1.29 is 9.47 Å². The zero-order chi connectivity index (χ0) is 14.6. The molecule has 0 unspecified atom stereocenters. The van der Waals surface area contributed by atoms with Crippen molar-refractivity contribution >= 4 is 0 Å². The van der Waals surface area contributed by atoms with E-state index in [-0.39, 0.29) is 0 Å². The first kappa shape index (κ1) is 16.8. The Morgan fingerprint density at radius 3 is 2.25 bits per heavy atom. The summed E-state index contributed by atoms with van der Waals surface area (Å²) in [5.41, 5.74) is 0. The second-order valence-corrected chi connectivity index (χ2v) is 5.43. The third-order valence-corrected chi connectivity index (χ3v) is 2.98. The molecule has 1 rings (SSSR count). The van der Waals surface area contributed by atoms with Gasteiger partial charge in [0.15, 0.2) is 11.5 Å². The normalized spacial score (nSPS) is 10.8. The van der Waals surface area contributed by atoms with Crippen LogP contribution in [0.1, 0.15) is 40.0 Å². The smallest absolute Gasteiger partial charge is 0.161 e. The van der Waals surface area contributed by atoms with Crippen molar-refractivity contribution in [2.24, 2.45) is 5.92 Å². The molecule has 3 heteroatoms. The summed E-state index contributed by atoms with van der Waals surface area (Å²) in [6.45, 7) is 9.97. The molecule has 0 aliphatic rings. The van der Waals surface area contributed by atoms with Crippen molar-refractivity contribution in [2.75, 3.05) is 26.3 Å². The number of hydrogen-bond acceptors (Lipinski definition) is 3. The molecule has 0 radical (unpaired) electrons. The predicted molar refractivity (Wildman–Crippen MR) is 84.7 cm³/mol. The Kier molecular flexibility index (Phi) is 8.88. The Balaban J connectivity index is 2.18. The molecule has 3 nitrogen and oxygen atoms in total. The van der Waals surface area contributed by atoms with E-state index in [1.54, 1.807) is 0 Å². The van der Waals surface area contributed by atoms with Gasteiger partial charge in [-0.15, -0.1) is 0 Å². The van der Waals surface area contributed by atoms with Crippen LogP contribution in [-0.2, 0) is 0 Å². The molecule has 0 heterocycles. The van der Waals surface area contributed by atoms with Crippen molar-refractivity contribution in [1.29, 1.82) is 0 Å². The van der Waals surface area contributed by atoms with Crippen molar-refractivity contribution in [3.8, 4) is 11.5 Å². The summed E-state index contributed by atoms with van der Waals surface area (Å²) in [7, 11) is 0. The van der Waals surface area contributed by atoms with E-state index < -0.39 is 0 Å². The summed E-state index contributed by atoms with van der Waals surface area (Å²) in [6.07, 6.45) is 3.52. The molecule has 0 bridgehead atoms. The zero-order valence-corrected chi connectivity index (χ0v) is 13.2. The Morgan fingerprint density at radius 1 is 1.00 bits per heavy atom. The Hall–Kier alpha value is -1.22. The van der Waals surface area contributed by atoms with E-state index in [1.165, 1.54) is 12.8 Å². The third-order valence-electron chi connectivity index (χ3n) is 2.98. The van der Waals surface area contributed by atoms with Gasteiger partial charge in [-0.2, -0.15) is 0 Å². The molecule has 0 saturated carbocycles. The van der Waals surface area contributed by atoms with Crippen LogP contribution in [-0.4, -0.2) is 26.3 Å². The van der Waals surface area contributed by atoms with Crippen LogP contribution in [0.2, 0.25) is 0 Å². The molecule has 0 aliphatic heterocycles. The van der Waals surface area contributed by atoms with Gasteiger partial charge in [-0.05, 0) is 43.9 Å². The highest BCUT2D eigenvalue weighted by Gasteiger charge is 2.03. The molecule has 114 valence electrons. The summed E-state index contributed by atoms with van der Waals surface area (Å²) in [5.74, 6) is 2.47. The second-order valence-electron chi connectivity index (χ2n) is 5.43. The van der Waals surface area contributed by atoms with Crippen molar-refractivity contribution in [3.63, 3.8) is 0 Å². The van der Waals surface area contributed by atoms with Gasteiger partial charge in [0.2, 0.25) is 0 Å². The summed E-state index contributed by atoms with van der Waals surface area (Å²) in [4.78, 5) is 0. The van der Waals surface area contributed by atoms with E-state index in [2.05, 4.69) is 26.1 Å². The van der Waals surface area contributed by atoms with Crippen LogP contribution in [0.25, 0.3) is 0 Å². The summed E-state index contributed by atoms with van der Waals surface area (Å²) in [6, 6.07) is 7.87. The van der Waals surface area contributed by atoms with Gasteiger partial charge in [0.1, 0.15) is 6.61 Å². The van der Waals surface area contributed by atoms with Crippen LogP contribution in [0, 0.1) is 5.92 Å². The second kappa shape index (κ2) is 10.6. The maximum atomic E-state index is 5.77. The highest BCUT2D eigenvalue weighted by Crippen LogP contribution is 2.26. The average molecular weight is 279 g/mol. The number of rotatable bonds is 11. The van der Waals surface area contributed by atoms with Crippen LogP contribution in [0.15, 0.2) is 24.3 Å². The molecule has 0 aromatic heterocycles. The standard InChI is InChI=1S/C17H29NO2/c1-4-13-19-16-9-5-6-10-17(16)20-14-12-18-11-7-8-15(2)3/h5-6,9-10,15,18H,4,7-8,11-14H2,1-3H3. The highest BCUT2D eigenvalue weighted by atomic mass is 16.5. The maximum absolute atomic E-state index is 5.77. The minimum absolute atomic E-state index is 0.675. The van der Waals surface area contributed by atoms with Gasteiger partial charge in [-0.3, -0.25) is 0 Å². The molecule has 0 aliphatic carbocycles. The van der Waals surface area contributed by atoms with Crippen molar-refractivity contribution in [3.05, 3.63) is 24.3 Å². The van der Waals surface area contributed by atoms with Gasteiger partial charge in [0.25, 0.3) is 0 Å². The van der Waals surface area contributed by atoms with Crippen molar-refractivity contribution in [2.45, 2.75) is 40.0 Å². The fourth-order valence-electron chi connectivity index (χ4n) is 1.89. The molecular formula is C17H29NO2. The molecular weight excluding hydrogens is 250 g/mol. The van der Waals surface area contributed by atoms with Gasteiger partial charge >= 0.3 is 0 Å². The van der Waals surface area contributed by atoms with Crippen LogP contribution in [0.4, 0.5) is 0 Å². The van der Waals surface area contributed by atoms with Gasteiger partial charge in [-0.1, -0.05) is 32.9 Å². The van der Waals surface area contributed by atoms with Crippen LogP contribution in [0.3, 0.4) is 0 Å². The molecule has 0 saturated heterocycles. The fraction of sp³-hybridized carbons (Fsp3) is 0.647. The van der Waals surface area contributed by atoms with E-state index in [0.717, 1.165) is 43.5 Å². The number of benzene rings is 1. The first-order valence-corrected chi connectivity index (χ1v) is 7.79. The summed E-state index contributed by atoms with van der Waals surface area (Å²) < 4.78 is 11.4. The lowest BCUT2D eigenvalue weighted by atomic mass is 10.1. The largest absolute Gasteiger partial charge is 0.490 e. The van der Waals surface area contributed by atoms with E-state index in [0.29, 0.717) is 6.61 Å². The van der Waals surface area contributed by atoms with E-state index in [9.17, 15) is 0 Å². The summed E-state index contributed by atoms with van der Waals surface area (Å²) >= 11 is 0. The van der Waals surface area contributed by atoms with Crippen molar-refractivity contribution in [1.82, 2.24) is 5.32 Å². The van der Waals surface area contributed by atoms with Gasteiger partial charge < -0.3 is 14.8 Å². The zero-order valence-electron chi connectivity index (χ0n) is 13.2. The van der Waals surface area contributed by atoms with Crippen LogP contribution in [0.5, 0.6) is 11.5 Å². The number of ether oxygens (including phenoxy) is 2. The Labute approximate surface area is 123 Å². The van der Waals surface area contributed by atoms with E-state index in [4.69, 9.17) is 9.47 Å². The summed E-state index contributed by atoms with van der Waals surface area (Å²) in [5, 5.41) is 3.41. The lowest BCUT2D eigenvalue weighted by molar-refractivity contribution is 0.267. The van der Waals surface area contributed by atoms with Crippen LogP contribution < -0.4 is 14.8 Å². The minimum Gasteiger partial charge on any atom is -0.490 e. The SMILES string of the molecule is CCCOc1ccccc1OCCNCCCC(C)C. The maximum Gasteiger partial charge on any atom is 0.161 e. The molecule has 20 heavy (non-hydrogen) atoms. The third kappa shape index (κ3) is 7.39. The fourth-order valence-corrected chi connectivity index (χ4v) is 1.89. The lowest BCUT2D eigenvalue weighted by Crippen LogP contribution is -2.22. The van der Waals surface area contributed by atoms with Gasteiger partial charge in [-0.25, -0.2) is 0 Å². The quantitative estimate of drug-likeness (QED) is 0.624.